The maximum Gasteiger partial charge on any atom is 0.0641 e. The van der Waals surface area contributed by atoms with Crippen molar-refractivity contribution in [3.8, 4) is 10.4 Å². The maximum absolute atomic E-state index is 6.04. The van der Waals surface area contributed by atoms with Crippen molar-refractivity contribution in [3.63, 3.8) is 0 Å². The summed E-state index contributed by atoms with van der Waals surface area (Å²) in [7, 11) is 0. The minimum Gasteiger partial charge on any atom is -0.398 e. The molecule has 0 atom stereocenters. The highest BCUT2D eigenvalue weighted by Crippen LogP contribution is 2.36. The van der Waals surface area contributed by atoms with Gasteiger partial charge >= 0.3 is 0 Å². The Kier molecular flexibility index (Phi) is 3.19. The van der Waals surface area contributed by atoms with Crippen molar-refractivity contribution in [2.45, 2.75) is 26.2 Å². The van der Waals surface area contributed by atoms with E-state index >= 15 is 0 Å². The molecule has 2 N–H and O–H groups in total. The lowest BCUT2D eigenvalue weighted by Gasteiger charge is -2.15. The second-order valence-corrected chi connectivity index (χ2v) is 6.64. The molecule has 0 aliphatic carbocycles. The number of nitrogen functional groups attached to an aromatic ring is 1. The molecule has 0 radical (unpaired) electrons. The third kappa shape index (κ3) is 2.64. The molecule has 0 saturated carbocycles. The molecule has 0 aliphatic heterocycles. The molecule has 0 amide bonds. The van der Waals surface area contributed by atoms with Gasteiger partial charge in [0, 0.05) is 9.75 Å². The molecule has 0 unspecified atom stereocenters. The van der Waals surface area contributed by atoms with Crippen LogP contribution < -0.4 is 5.73 Å². The molecule has 1 aromatic heterocycles. The van der Waals surface area contributed by atoms with Crippen LogP contribution in [0.3, 0.4) is 0 Å². The van der Waals surface area contributed by atoms with Gasteiger partial charge in [0.1, 0.15) is 0 Å². The van der Waals surface area contributed by atoms with Crippen molar-refractivity contribution < 1.29 is 0 Å². The summed E-state index contributed by atoms with van der Waals surface area (Å²) < 4.78 is 0. The molecule has 0 saturated heterocycles. The number of anilines is 1. The predicted octanol–water partition coefficient (Wildman–Crippen LogP) is 4.95. The van der Waals surface area contributed by atoms with E-state index in [9.17, 15) is 0 Å². The smallest absolute Gasteiger partial charge is 0.0641 e. The van der Waals surface area contributed by atoms with Crippen LogP contribution in [0.2, 0.25) is 5.02 Å². The average molecular weight is 266 g/mol. The molecular weight excluding hydrogens is 250 g/mol. The fraction of sp³-hybridized carbons (Fsp3) is 0.286. The van der Waals surface area contributed by atoms with Crippen LogP contribution in [0.15, 0.2) is 30.3 Å². The van der Waals surface area contributed by atoms with Gasteiger partial charge in [0.15, 0.2) is 0 Å². The third-order valence-corrected chi connectivity index (χ3v) is 4.52. The van der Waals surface area contributed by atoms with Crippen LogP contribution in [0, 0.1) is 0 Å². The van der Waals surface area contributed by atoms with Crippen LogP contribution in [-0.2, 0) is 5.41 Å². The number of nitrogens with two attached hydrogens (primary N) is 1. The van der Waals surface area contributed by atoms with Gasteiger partial charge in [0.05, 0.1) is 10.7 Å². The Morgan fingerprint density at radius 2 is 1.82 bits per heavy atom. The Morgan fingerprint density at radius 3 is 2.35 bits per heavy atom. The minimum absolute atomic E-state index is 0.195. The number of thiophene rings is 1. The van der Waals surface area contributed by atoms with E-state index in [0.717, 1.165) is 5.56 Å². The number of hydrogen-bond donors (Lipinski definition) is 1. The minimum atomic E-state index is 0.195. The molecule has 1 heterocycles. The van der Waals surface area contributed by atoms with E-state index in [0.29, 0.717) is 10.7 Å². The van der Waals surface area contributed by atoms with Gasteiger partial charge in [-0.2, -0.15) is 0 Å². The van der Waals surface area contributed by atoms with Crippen molar-refractivity contribution in [1.29, 1.82) is 0 Å². The second kappa shape index (κ2) is 4.35. The van der Waals surface area contributed by atoms with Gasteiger partial charge in [-0.25, -0.2) is 0 Å². The molecule has 1 nitrogen and oxygen atoms in total. The van der Waals surface area contributed by atoms with Gasteiger partial charge in [-0.15, -0.1) is 11.3 Å². The van der Waals surface area contributed by atoms with Gasteiger partial charge in [-0.1, -0.05) is 38.4 Å². The lowest BCUT2D eigenvalue weighted by molar-refractivity contribution is 0.604. The number of halogens is 1. The van der Waals surface area contributed by atoms with Gasteiger partial charge in [-0.05, 0) is 35.2 Å². The van der Waals surface area contributed by atoms with Crippen LogP contribution in [0.25, 0.3) is 10.4 Å². The molecule has 0 fully saturated rings. The first kappa shape index (κ1) is 12.5. The largest absolute Gasteiger partial charge is 0.398 e. The number of hydrogen-bond acceptors (Lipinski definition) is 2. The van der Waals surface area contributed by atoms with Crippen LogP contribution >= 0.6 is 22.9 Å². The van der Waals surface area contributed by atoms with E-state index in [2.05, 4.69) is 32.9 Å². The molecule has 17 heavy (non-hydrogen) atoms. The highest BCUT2D eigenvalue weighted by Gasteiger charge is 2.16. The normalized spacial score (nSPS) is 11.8. The zero-order valence-electron chi connectivity index (χ0n) is 10.3. The monoisotopic (exact) mass is 265 g/mol. The molecule has 0 aliphatic rings. The molecule has 2 aromatic rings. The SMILES string of the molecule is CC(C)(C)c1ccc(-c2ccc(N)c(Cl)c2)s1. The summed E-state index contributed by atoms with van der Waals surface area (Å²) in [5.41, 5.74) is 7.66. The van der Waals surface area contributed by atoms with E-state index in [4.69, 9.17) is 17.3 Å². The van der Waals surface area contributed by atoms with Crippen LogP contribution in [0.5, 0.6) is 0 Å². The van der Waals surface area contributed by atoms with E-state index < -0.39 is 0 Å². The van der Waals surface area contributed by atoms with Gasteiger partial charge in [0.25, 0.3) is 0 Å². The van der Waals surface area contributed by atoms with Crippen LogP contribution in [0.4, 0.5) is 5.69 Å². The molecule has 0 bridgehead atoms. The van der Waals surface area contributed by atoms with Gasteiger partial charge < -0.3 is 5.73 Å². The van der Waals surface area contributed by atoms with Crippen LogP contribution in [-0.4, -0.2) is 0 Å². The lowest BCUT2D eigenvalue weighted by Crippen LogP contribution is -2.07. The summed E-state index contributed by atoms with van der Waals surface area (Å²) in [6.45, 7) is 6.66. The predicted molar refractivity (Wildman–Crippen MR) is 77.9 cm³/mol. The van der Waals surface area contributed by atoms with Crippen molar-refractivity contribution in [2.75, 3.05) is 5.73 Å². The quantitative estimate of drug-likeness (QED) is 0.726. The summed E-state index contributed by atoms with van der Waals surface area (Å²) in [6.07, 6.45) is 0. The lowest BCUT2D eigenvalue weighted by atomic mass is 9.95. The fourth-order valence-electron chi connectivity index (χ4n) is 1.58. The summed E-state index contributed by atoms with van der Waals surface area (Å²) in [5.74, 6) is 0. The standard InChI is InChI=1S/C14H16ClNS/c1-14(2,3)13-7-6-12(17-13)9-4-5-11(16)10(15)8-9/h4-8H,16H2,1-3H3. The van der Waals surface area contributed by atoms with Crippen molar-refractivity contribution >= 4 is 28.6 Å². The molecule has 3 heteroatoms. The third-order valence-electron chi connectivity index (χ3n) is 2.63. The summed E-state index contributed by atoms with van der Waals surface area (Å²) in [4.78, 5) is 2.61. The highest BCUT2D eigenvalue weighted by atomic mass is 35.5. The van der Waals surface area contributed by atoms with E-state index in [1.54, 1.807) is 0 Å². The molecule has 2 rings (SSSR count). The summed E-state index contributed by atoms with van der Waals surface area (Å²) in [5, 5.41) is 0.619. The maximum atomic E-state index is 6.04. The van der Waals surface area contributed by atoms with E-state index in [1.807, 2.05) is 29.5 Å². The number of rotatable bonds is 1. The zero-order chi connectivity index (χ0) is 12.6. The van der Waals surface area contributed by atoms with E-state index in [1.165, 1.54) is 9.75 Å². The van der Waals surface area contributed by atoms with Crippen molar-refractivity contribution in [1.82, 2.24) is 0 Å². The number of benzene rings is 1. The zero-order valence-corrected chi connectivity index (χ0v) is 11.8. The Morgan fingerprint density at radius 1 is 1.12 bits per heavy atom. The van der Waals surface area contributed by atoms with Gasteiger partial charge in [-0.3, -0.25) is 0 Å². The highest BCUT2D eigenvalue weighted by molar-refractivity contribution is 7.15. The van der Waals surface area contributed by atoms with Gasteiger partial charge in [0.2, 0.25) is 0 Å². The van der Waals surface area contributed by atoms with Crippen molar-refractivity contribution in [2.24, 2.45) is 0 Å². The first-order valence-electron chi connectivity index (χ1n) is 5.53. The van der Waals surface area contributed by atoms with E-state index in [-0.39, 0.29) is 5.41 Å². The summed E-state index contributed by atoms with van der Waals surface area (Å²) in [6, 6.07) is 10.1. The first-order valence-corrected chi connectivity index (χ1v) is 6.73. The Balaban J connectivity index is 2.40. The fourth-order valence-corrected chi connectivity index (χ4v) is 2.82. The first-order chi connectivity index (χ1) is 7.88. The molecule has 90 valence electrons. The van der Waals surface area contributed by atoms with Crippen molar-refractivity contribution in [3.05, 3.63) is 40.2 Å². The van der Waals surface area contributed by atoms with Crippen LogP contribution in [0.1, 0.15) is 25.6 Å². The Labute approximate surface area is 111 Å². The molecule has 1 aromatic carbocycles. The molecular formula is C14H16ClNS. The molecule has 0 spiro atoms. The summed E-state index contributed by atoms with van der Waals surface area (Å²) >= 11 is 7.85. The Bertz CT molecular complexity index is 537. The average Bonchev–Trinajstić information content (AvgIpc) is 2.70. The topological polar surface area (TPSA) is 26.0 Å². The second-order valence-electron chi connectivity index (χ2n) is 5.15. The Hall–Kier alpha value is -0.990.